The number of ether oxygens (including phenoxy) is 1. The molecule has 8 heteroatoms. The van der Waals surface area contributed by atoms with Gasteiger partial charge in [-0.2, -0.15) is 4.98 Å². The molecular formula is C9H8N4O3S. The van der Waals surface area contributed by atoms with Crippen LogP contribution < -0.4 is 4.74 Å². The van der Waals surface area contributed by atoms with E-state index in [4.69, 9.17) is 17.0 Å². The number of nitro benzene ring substituents is 1. The Hall–Kier alpha value is -2.22. The summed E-state index contributed by atoms with van der Waals surface area (Å²) in [5, 5.41) is 16.2. The summed E-state index contributed by atoms with van der Waals surface area (Å²) in [5.41, 5.74) is 0.442. The Labute approximate surface area is 101 Å². The molecule has 0 saturated carbocycles. The first kappa shape index (κ1) is 11.3. The summed E-state index contributed by atoms with van der Waals surface area (Å²) in [6.45, 7) is 0. The van der Waals surface area contributed by atoms with Crippen molar-refractivity contribution in [2.75, 3.05) is 7.11 Å². The Morgan fingerprint density at radius 1 is 1.47 bits per heavy atom. The second kappa shape index (κ2) is 4.34. The van der Waals surface area contributed by atoms with E-state index in [-0.39, 0.29) is 11.4 Å². The van der Waals surface area contributed by atoms with E-state index in [0.29, 0.717) is 16.2 Å². The van der Waals surface area contributed by atoms with Crippen molar-refractivity contribution in [1.29, 1.82) is 0 Å². The van der Waals surface area contributed by atoms with Crippen molar-refractivity contribution < 1.29 is 9.66 Å². The first-order chi connectivity index (χ1) is 8.11. The Kier molecular flexibility index (Phi) is 2.88. The fourth-order valence-corrected chi connectivity index (χ4v) is 1.53. The fourth-order valence-electron chi connectivity index (χ4n) is 1.39. The van der Waals surface area contributed by atoms with E-state index in [2.05, 4.69) is 15.2 Å². The highest BCUT2D eigenvalue weighted by molar-refractivity contribution is 7.71. The quantitative estimate of drug-likeness (QED) is 0.495. The van der Waals surface area contributed by atoms with Gasteiger partial charge in [-0.1, -0.05) is 0 Å². The molecule has 1 aromatic heterocycles. The second-order valence-electron chi connectivity index (χ2n) is 3.16. The standard InChI is InChI=1S/C9H8N4O3S/c1-16-7-3-2-5(4-6(7)13(14)15)8-10-9(17)12-11-8/h2-4H,1H3,(H2,10,11,12,17). The minimum absolute atomic E-state index is 0.118. The van der Waals surface area contributed by atoms with Crippen LogP contribution in [0.3, 0.4) is 0 Å². The van der Waals surface area contributed by atoms with Gasteiger partial charge in [-0.15, -0.1) is 0 Å². The van der Waals surface area contributed by atoms with E-state index in [1.54, 1.807) is 6.07 Å². The van der Waals surface area contributed by atoms with Gasteiger partial charge in [0.15, 0.2) is 11.6 Å². The number of H-pyrrole nitrogens is 2. The molecule has 0 spiro atoms. The third-order valence-electron chi connectivity index (χ3n) is 2.15. The summed E-state index contributed by atoms with van der Waals surface area (Å²) in [4.78, 5) is 14.3. The van der Waals surface area contributed by atoms with Gasteiger partial charge in [0.1, 0.15) is 0 Å². The smallest absolute Gasteiger partial charge is 0.311 e. The van der Waals surface area contributed by atoms with E-state index in [9.17, 15) is 10.1 Å². The first-order valence-corrected chi connectivity index (χ1v) is 5.00. The van der Waals surface area contributed by atoms with Crippen molar-refractivity contribution in [3.05, 3.63) is 33.1 Å². The molecule has 0 saturated heterocycles. The van der Waals surface area contributed by atoms with Crippen molar-refractivity contribution in [2.24, 2.45) is 0 Å². The largest absolute Gasteiger partial charge is 0.490 e. The molecule has 88 valence electrons. The van der Waals surface area contributed by atoms with Crippen molar-refractivity contribution >= 4 is 17.9 Å². The van der Waals surface area contributed by atoms with Crippen molar-refractivity contribution in [3.63, 3.8) is 0 Å². The Bertz CT molecular complexity index is 619. The second-order valence-corrected chi connectivity index (χ2v) is 3.55. The van der Waals surface area contributed by atoms with Crippen LogP contribution in [0.25, 0.3) is 11.4 Å². The number of aromatic amines is 2. The van der Waals surface area contributed by atoms with Crippen LogP contribution in [0.1, 0.15) is 0 Å². The third kappa shape index (κ3) is 2.16. The number of hydrogen-bond acceptors (Lipinski definition) is 5. The molecule has 0 radical (unpaired) electrons. The highest BCUT2D eigenvalue weighted by Gasteiger charge is 2.16. The lowest BCUT2D eigenvalue weighted by Gasteiger charge is -2.02. The van der Waals surface area contributed by atoms with Crippen LogP contribution in [0.4, 0.5) is 5.69 Å². The lowest BCUT2D eigenvalue weighted by atomic mass is 10.2. The number of nitrogens with zero attached hydrogens (tertiary/aromatic N) is 2. The Morgan fingerprint density at radius 3 is 2.76 bits per heavy atom. The van der Waals surface area contributed by atoms with Gasteiger partial charge in [0.25, 0.3) is 0 Å². The molecule has 2 rings (SSSR count). The fraction of sp³-hybridized carbons (Fsp3) is 0.111. The molecule has 1 aromatic carbocycles. The molecular weight excluding hydrogens is 244 g/mol. The normalized spacial score (nSPS) is 10.2. The SMILES string of the molecule is COc1ccc(-c2nc(=S)[nH][nH]2)cc1[N+](=O)[O-]. The van der Waals surface area contributed by atoms with Crippen molar-refractivity contribution in [3.8, 4) is 17.1 Å². The summed E-state index contributed by atoms with van der Waals surface area (Å²) in [7, 11) is 1.38. The van der Waals surface area contributed by atoms with E-state index in [1.807, 2.05) is 0 Å². The lowest BCUT2D eigenvalue weighted by Crippen LogP contribution is -1.94. The van der Waals surface area contributed by atoms with Gasteiger partial charge in [0, 0.05) is 11.6 Å². The number of methoxy groups -OCH3 is 1. The minimum Gasteiger partial charge on any atom is -0.490 e. The maximum absolute atomic E-state index is 10.8. The van der Waals surface area contributed by atoms with E-state index in [0.717, 1.165) is 0 Å². The molecule has 0 unspecified atom stereocenters. The van der Waals surface area contributed by atoms with Crippen molar-refractivity contribution in [2.45, 2.75) is 0 Å². The highest BCUT2D eigenvalue weighted by atomic mass is 32.1. The topological polar surface area (TPSA) is 96.8 Å². The maximum Gasteiger partial charge on any atom is 0.311 e. The van der Waals surface area contributed by atoms with E-state index >= 15 is 0 Å². The molecule has 0 aliphatic heterocycles. The summed E-state index contributed by atoms with van der Waals surface area (Å²) in [6.07, 6.45) is 0. The molecule has 0 amide bonds. The molecule has 0 bridgehead atoms. The first-order valence-electron chi connectivity index (χ1n) is 4.59. The Morgan fingerprint density at radius 2 is 2.24 bits per heavy atom. The van der Waals surface area contributed by atoms with Crippen LogP contribution in [0.2, 0.25) is 0 Å². The number of nitro groups is 1. The van der Waals surface area contributed by atoms with Gasteiger partial charge in [0.2, 0.25) is 4.77 Å². The zero-order valence-electron chi connectivity index (χ0n) is 8.76. The molecule has 1 heterocycles. The lowest BCUT2D eigenvalue weighted by molar-refractivity contribution is -0.385. The molecule has 17 heavy (non-hydrogen) atoms. The monoisotopic (exact) mass is 252 g/mol. The number of hydrogen-bond donors (Lipinski definition) is 2. The number of rotatable bonds is 3. The summed E-state index contributed by atoms with van der Waals surface area (Å²) >= 11 is 4.81. The van der Waals surface area contributed by atoms with Gasteiger partial charge in [0.05, 0.1) is 12.0 Å². The summed E-state index contributed by atoms with van der Waals surface area (Å²) in [5.74, 6) is 0.647. The van der Waals surface area contributed by atoms with Crippen LogP contribution in [-0.4, -0.2) is 27.2 Å². The average Bonchev–Trinajstić information content (AvgIpc) is 2.75. The van der Waals surface area contributed by atoms with Crippen LogP contribution in [0, 0.1) is 14.9 Å². The predicted octanol–water partition coefficient (Wildman–Crippen LogP) is 2.05. The summed E-state index contributed by atoms with van der Waals surface area (Å²) < 4.78 is 5.19. The number of benzene rings is 1. The van der Waals surface area contributed by atoms with Crippen LogP contribution in [-0.2, 0) is 0 Å². The van der Waals surface area contributed by atoms with Crippen LogP contribution in [0.15, 0.2) is 18.2 Å². The molecule has 2 N–H and O–H groups in total. The van der Waals surface area contributed by atoms with E-state index < -0.39 is 4.92 Å². The molecule has 7 nitrogen and oxygen atoms in total. The van der Waals surface area contributed by atoms with Gasteiger partial charge in [-0.25, -0.2) is 0 Å². The third-order valence-corrected chi connectivity index (χ3v) is 2.34. The van der Waals surface area contributed by atoms with Crippen molar-refractivity contribution in [1.82, 2.24) is 15.2 Å². The molecule has 0 fully saturated rings. The minimum atomic E-state index is -0.510. The number of aromatic nitrogens is 3. The van der Waals surface area contributed by atoms with E-state index in [1.165, 1.54) is 19.2 Å². The molecule has 2 aromatic rings. The predicted molar refractivity (Wildman–Crippen MR) is 62.4 cm³/mol. The Balaban J connectivity index is 2.54. The molecule has 0 atom stereocenters. The van der Waals surface area contributed by atoms with Gasteiger partial charge >= 0.3 is 5.69 Å². The van der Waals surface area contributed by atoms with Crippen LogP contribution >= 0.6 is 12.2 Å². The highest BCUT2D eigenvalue weighted by Crippen LogP contribution is 2.30. The van der Waals surface area contributed by atoms with Crippen LogP contribution in [0.5, 0.6) is 5.75 Å². The van der Waals surface area contributed by atoms with Gasteiger partial charge < -0.3 is 4.74 Å². The average molecular weight is 252 g/mol. The van der Waals surface area contributed by atoms with Gasteiger partial charge in [-0.05, 0) is 24.4 Å². The maximum atomic E-state index is 10.8. The zero-order valence-corrected chi connectivity index (χ0v) is 9.58. The number of nitrogens with one attached hydrogen (secondary N) is 2. The zero-order chi connectivity index (χ0) is 12.4. The summed E-state index contributed by atoms with van der Waals surface area (Å²) in [6, 6.07) is 4.55. The van der Waals surface area contributed by atoms with Gasteiger partial charge in [-0.3, -0.25) is 20.3 Å². The molecule has 0 aliphatic rings. The molecule has 0 aliphatic carbocycles.